The van der Waals surface area contributed by atoms with Crippen LogP contribution in [0.2, 0.25) is 5.02 Å². The molecule has 0 fully saturated rings. The number of nitrogens with zero attached hydrogens (tertiary/aromatic N) is 1. The van der Waals surface area contributed by atoms with E-state index >= 15 is 0 Å². The van der Waals surface area contributed by atoms with Crippen molar-refractivity contribution in [1.29, 1.82) is 0 Å². The molecule has 1 aromatic carbocycles. The van der Waals surface area contributed by atoms with Crippen molar-refractivity contribution >= 4 is 17.7 Å². The predicted molar refractivity (Wildman–Crippen MR) is 63.6 cm³/mol. The summed E-state index contributed by atoms with van der Waals surface area (Å²) >= 11 is 6.00. The van der Waals surface area contributed by atoms with Crippen LogP contribution in [0.3, 0.4) is 0 Å². The maximum Gasteiger partial charge on any atom is 0.235 e. The largest absolute Gasteiger partial charge is 0.488 e. The zero-order valence-electron chi connectivity index (χ0n) is 9.00. The number of halogens is 1. The SMILES string of the molecule is C=C(C)COc1ccc(CN=C=O)cc1Cl. The van der Waals surface area contributed by atoms with Gasteiger partial charge >= 0.3 is 0 Å². The number of benzene rings is 1. The van der Waals surface area contributed by atoms with E-state index in [2.05, 4.69) is 11.6 Å². The predicted octanol–water partition coefficient (Wildman–Crippen LogP) is 3.13. The van der Waals surface area contributed by atoms with E-state index in [1.807, 2.05) is 6.92 Å². The number of ether oxygens (including phenoxy) is 1. The van der Waals surface area contributed by atoms with Crippen LogP contribution in [0.4, 0.5) is 0 Å². The molecule has 0 saturated heterocycles. The molecule has 0 aliphatic carbocycles. The molecule has 4 heteroatoms. The highest BCUT2D eigenvalue weighted by Gasteiger charge is 2.02. The van der Waals surface area contributed by atoms with Crippen LogP contribution in [-0.2, 0) is 11.3 Å². The molecule has 0 bridgehead atoms. The molecule has 0 radical (unpaired) electrons. The zero-order valence-corrected chi connectivity index (χ0v) is 9.75. The normalized spacial score (nSPS) is 9.38. The zero-order chi connectivity index (χ0) is 12.0. The molecule has 0 atom stereocenters. The number of rotatable bonds is 5. The van der Waals surface area contributed by atoms with Gasteiger partial charge in [-0.05, 0) is 30.2 Å². The van der Waals surface area contributed by atoms with Gasteiger partial charge in [-0.25, -0.2) is 9.79 Å². The molecule has 0 unspecified atom stereocenters. The van der Waals surface area contributed by atoms with Crippen LogP contribution in [-0.4, -0.2) is 12.7 Å². The summed E-state index contributed by atoms with van der Waals surface area (Å²) in [4.78, 5) is 13.4. The van der Waals surface area contributed by atoms with Gasteiger partial charge in [-0.2, -0.15) is 0 Å². The summed E-state index contributed by atoms with van der Waals surface area (Å²) in [5.41, 5.74) is 1.77. The van der Waals surface area contributed by atoms with E-state index in [0.29, 0.717) is 17.4 Å². The third kappa shape index (κ3) is 3.89. The lowest BCUT2D eigenvalue weighted by atomic mass is 10.2. The van der Waals surface area contributed by atoms with Crippen LogP contribution in [0.25, 0.3) is 0 Å². The molecular formula is C12H12ClNO2. The minimum atomic E-state index is 0.282. The fourth-order valence-corrected chi connectivity index (χ4v) is 1.34. The summed E-state index contributed by atoms with van der Waals surface area (Å²) in [6.07, 6.45) is 1.48. The second-order valence-corrected chi connectivity index (χ2v) is 3.83. The van der Waals surface area contributed by atoms with Crippen molar-refractivity contribution in [3.63, 3.8) is 0 Å². The van der Waals surface area contributed by atoms with Crippen molar-refractivity contribution in [1.82, 2.24) is 0 Å². The Bertz CT molecular complexity index is 437. The summed E-state index contributed by atoms with van der Waals surface area (Å²) in [6.45, 7) is 6.33. The highest BCUT2D eigenvalue weighted by Crippen LogP contribution is 2.26. The van der Waals surface area contributed by atoms with Gasteiger partial charge in [0.1, 0.15) is 12.4 Å². The maximum absolute atomic E-state index is 9.95. The van der Waals surface area contributed by atoms with Gasteiger partial charge in [0.15, 0.2) is 0 Å². The number of aliphatic imine (C=N–C) groups is 1. The Morgan fingerprint density at radius 3 is 2.94 bits per heavy atom. The fourth-order valence-electron chi connectivity index (χ4n) is 1.08. The molecule has 0 aromatic heterocycles. The first kappa shape index (κ1) is 12.5. The molecule has 84 valence electrons. The van der Waals surface area contributed by atoms with E-state index in [4.69, 9.17) is 16.3 Å². The second-order valence-electron chi connectivity index (χ2n) is 3.42. The Morgan fingerprint density at radius 2 is 2.38 bits per heavy atom. The van der Waals surface area contributed by atoms with E-state index in [9.17, 15) is 4.79 Å². The van der Waals surface area contributed by atoms with E-state index in [1.165, 1.54) is 6.08 Å². The standard InChI is InChI=1S/C12H12ClNO2/c1-9(2)7-16-12-4-3-10(5-11(12)13)6-14-8-15/h3-5H,1,6-7H2,2H3. The van der Waals surface area contributed by atoms with Crippen molar-refractivity contribution in [2.24, 2.45) is 4.99 Å². The molecule has 0 aliphatic rings. The first-order chi connectivity index (χ1) is 7.63. The first-order valence-corrected chi connectivity index (χ1v) is 5.10. The second kappa shape index (κ2) is 6.11. The van der Waals surface area contributed by atoms with Gasteiger partial charge in [-0.3, -0.25) is 0 Å². The molecule has 0 saturated carbocycles. The average molecular weight is 238 g/mol. The van der Waals surface area contributed by atoms with Crippen molar-refractivity contribution in [3.05, 3.63) is 40.9 Å². The summed E-state index contributed by atoms with van der Waals surface area (Å²) in [5, 5.41) is 0.500. The van der Waals surface area contributed by atoms with Gasteiger partial charge in [-0.1, -0.05) is 24.2 Å². The minimum Gasteiger partial charge on any atom is -0.488 e. The summed E-state index contributed by atoms with van der Waals surface area (Å²) in [7, 11) is 0. The topological polar surface area (TPSA) is 38.7 Å². The molecule has 16 heavy (non-hydrogen) atoms. The van der Waals surface area contributed by atoms with Crippen molar-refractivity contribution in [2.45, 2.75) is 13.5 Å². The van der Waals surface area contributed by atoms with Gasteiger partial charge in [0, 0.05) is 0 Å². The molecule has 1 aromatic rings. The van der Waals surface area contributed by atoms with Gasteiger partial charge < -0.3 is 4.74 Å². The Hall–Kier alpha value is -1.57. The lowest BCUT2D eigenvalue weighted by Crippen LogP contribution is -1.98. The lowest BCUT2D eigenvalue weighted by molar-refractivity contribution is 0.353. The highest BCUT2D eigenvalue weighted by atomic mass is 35.5. The summed E-state index contributed by atoms with van der Waals surface area (Å²) in [6, 6.07) is 5.28. The Kier molecular flexibility index (Phi) is 4.77. The smallest absolute Gasteiger partial charge is 0.235 e. The van der Waals surface area contributed by atoms with Gasteiger partial charge in [-0.15, -0.1) is 0 Å². The van der Waals surface area contributed by atoms with Crippen molar-refractivity contribution in [2.75, 3.05) is 6.61 Å². The number of hydrogen-bond donors (Lipinski definition) is 0. The van der Waals surface area contributed by atoms with Crippen LogP contribution in [0, 0.1) is 0 Å². The van der Waals surface area contributed by atoms with Crippen LogP contribution in [0.5, 0.6) is 5.75 Å². The number of carbonyl (C=O) groups excluding carboxylic acids is 1. The van der Waals surface area contributed by atoms with Crippen LogP contribution >= 0.6 is 11.6 Å². The van der Waals surface area contributed by atoms with E-state index < -0.39 is 0 Å². The molecule has 0 heterocycles. The highest BCUT2D eigenvalue weighted by molar-refractivity contribution is 6.32. The molecule has 1 rings (SSSR count). The Morgan fingerprint density at radius 1 is 1.62 bits per heavy atom. The van der Waals surface area contributed by atoms with E-state index in [1.54, 1.807) is 18.2 Å². The van der Waals surface area contributed by atoms with Gasteiger partial charge in [0.05, 0.1) is 11.6 Å². The van der Waals surface area contributed by atoms with Gasteiger partial charge in [0.25, 0.3) is 0 Å². The summed E-state index contributed by atoms with van der Waals surface area (Å²) < 4.78 is 5.42. The van der Waals surface area contributed by atoms with Crippen LogP contribution < -0.4 is 4.74 Å². The molecule has 0 N–H and O–H groups in total. The monoisotopic (exact) mass is 237 g/mol. The molecular weight excluding hydrogens is 226 g/mol. The third-order valence-electron chi connectivity index (χ3n) is 1.80. The van der Waals surface area contributed by atoms with E-state index in [-0.39, 0.29) is 6.54 Å². The Labute approximate surface area is 99.4 Å². The van der Waals surface area contributed by atoms with Crippen LogP contribution in [0.1, 0.15) is 12.5 Å². The molecule has 0 spiro atoms. The molecule has 0 aliphatic heterocycles. The Balaban J connectivity index is 2.74. The number of hydrogen-bond acceptors (Lipinski definition) is 3. The van der Waals surface area contributed by atoms with Gasteiger partial charge in [0.2, 0.25) is 6.08 Å². The third-order valence-corrected chi connectivity index (χ3v) is 2.09. The summed E-state index contributed by atoms with van der Waals surface area (Å²) in [5.74, 6) is 0.600. The fraction of sp³-hybridized carbons (Fsp3) is 0.250. The van der Waals surface area contributed by atoms with E-state index in [0.717, 1.165) is 11.1 Å². The number of isocyanates is 1. The quantitative estimate of drug-likeness (QED) is 0.448. The lowest BCUT2D eigenvalue weighted by Gasteiger charge is -2.08. The van der Waals surface area contributed by atoms with Crippen molar-refractivity contribution < 1.29 is 9.53 Å². The first-order valence-electron chi connectivity index (χ1n) is 4.72. The van der Waals surface area contributed by atoms with Crippen molar-refractivity contribution in [3.8, 4) is 5.75 Å². The molecule has 3 nitrogen and oxygen atoms in total. The minimum absolute atomic E-state index is 0.282. The maximum atomic E-state index is 9.95. The van der Waals surface area contributed by atoms with Crippen LogP contribution in [0.15, 0.2) is 35.3 Å². The molecule has 0 amide bonds. The average Bonchev–Trinajstić information content (AvgIpc) is 2.24.